The topological polar surface area (TPSA) is 74.8 Å². The first kappa shape index (κ1) is 21.3. The number of carbonyl (C=O) groups is 2. The summed E-state index contributed by atoms with van der Waals surface area (Å²) >= 11 is 3.47. The SMILES string of the molecule is COC(=O)c1ccnc(N2CCCN(CC(=O)Nc3ccc(Br)c(C)c3)CC2)c1. The number of nitrogens with zero attached hydrogens (tertiary/aromatic N) is 3. The quantitative estimate of drug-likeness (QED) is 0.690. The summed E-state index contributed by atoms with van der Waals surface area (Å²) in [6.07, 6.45) is 2.53. The molecule has 0 saturated carbocycles. The average Bonchev–Trinajstić information content (AvgIpc) is 2.95. The van der Waals surface area contributed by atoms with E-state index in [4.69, 9.17) is 4.74 Å². The van der Waals surface area contributed by atoms with Crippen LogP contribution in [0.5, 0.6) is 0 Å². The predicted molar refractivity (Wildman–Crippen MR) is 116 cm³/mol. The van der Waals surface area contributed by atoms with Crippen molar-refractivity contribution in [2.75, 3.05) is 50.1 Å². The van der Waals surface area contributed by atoms with Crippen LogP contribution in [0.2, 0.25) is 0 Å². The molecule has 7 nitrogen and oxygen atoms in total. The second kappa shape index (κ2) is 9.84. The van der Waals surface area contributed by atoms with Crippen LogP contribution in [-0.2, 0) is 9.53 Å². The van der Waals surface area contributed by atoms with E-state index in [1.54, 1.807) is 18.3 Å². The van der Waals surface area contributed by atoms with Gasteiger partial charge in [-0.05, 0) is 49.2 Å². The number of anilines is 2. The van der Waals surface area contributed by atoms with Crippen LogP contribution in [0.3, 0.4) is 0 Å². The number of methoxy groups -OCH3 is 1. The van der Waals surface area contributed by atoms with Gasteiger partial charge in [0.2, 0.25) is 5.91 Å². The van der Waals surface area contributed by atoms with E-state index in [0.29, 0.717) is 12.1 Å². The fraction of sp³-hybridized carbons (Fsp3) is 0.381. The molecular weight excluding hydrogens is 436 g/mol. The predicted octanol–water partition coefficient (Wildman–Crippen LogP) is 3.09. The zero-order chi connectivity index (χ0) is 20.8. The van der Waals surface area contributed by atoms with Gasteiger partial charge in [-0.15, -0.1) is 0 Å². The second-order valence-corrected chi connectivity index (χ2v) is 7.88. The van der Waals surface area contributed by atoms with Crippen LogP contribution in [0.25, 0.3) is 0 Å². The van der Waals surface area contributed by atoms with Gasteiger partial charge in [0.1, 0.15) is 5.82 Å². The van der Waals surface area contributed by atoms with Gasteiger partial charge in [-0.1, -0.05) is 15.9 Å². The monoisotopic (exact) mass is 460 g/mol. The molecule has 1 fully saturated rings. The van der Waals surface area contributed by atoms with E-state index in [1.807, 2.05) is 25.1 Å². The Morgan fingerprint density at radius 2 is 2.00 bits per heavy atom. The average molecular weight is 461 g/mol. The molecule has 2 heterocycles. The number of benzene rings is 1. The fourth-order valence-corrected chi connectivity index (χ4v) is 3.57. The molecule has 2 aromatic rings. The van der Waals surface area contributed by atoms with Crippen molar-refractivity contribution >= 4 is 39.3 Å². The zero-order valence-electron chi connectivity index (χ0n) is 16.7. The number of ether oxygens (including phenoxy) is 1. The zero-order valence-corrected chi connectivity index (χ0v) is 18.2. The van der Waals surface area contributed by atoms with Gasteiger partial charge in [0.25, 0.3) is 0 Å². The Morgan fingerprint density at radius 1 is 1.17 bits per heavy atom. The summed E-state index contributed by atoms with van der Waals surface area (Å²) in [6.45, 7) is 5.48. The standard InChI is InChI=1S/C21H25BrN4O3/c1-15-12-17(4-5-18(15)22)24-20(27)14-25-8-3-9-26(11-10-25)19-13-16(6-7-23-19)21(28)29-2/h4-7,12-13H,3,8-11,14H2,1-2H3,(H,24,27). The lowest BCUT2D eigenvalue weighted by atomic mass is 10.2. The maximum atomic E-state index is 12.5. The summed E-state index contributed by atoms with van der Waals surface area (Å²) < 4.78 is 5.81. The number of aromatic nitrogens is 1. The normalized spacial score (nSPS) is 14.9. The minimum absolute atomic E-state index is 0.0222. The molecule has 29 heavy (non-hydrogen) atoms. The molecule has 154 valence electrons. The van der Waals surface area contributed by atoms with Crippen molar-refractivity contribution in [2.24, 2.45) is 0 Å². The lowest BCUT2D eigenvalue weighted by Gasteiger charge is -2.22. The highest BCUT2D eigenvalue weighted by Gasteiger charge is 2.19. The van der Waals surface area contributed by atoms with Crippen molar-refractivity contribution in [1.82, 2.24) is 9.88 Å². The van der Waals surface area contributed by atoms with Gasteiger partial charge in [0, 0.05) is 42.5 Å². The Balaban J connectivity index is 1.56. The van der Waals surface area contributed by atoms with Gasteiger partial charge in [-0.25, -0.2) is 9.78 Å². The lowest BCUT2D eigenvalue weighted by Crippen LogP contribution is -2.36. The van der Waals surface area contributed by atoms with Crippen LogP contribution >= 0.6 is 15.9 Å². The minimum Gasteiger partial charge on any atom is -0.465 e. The van der Waals surface area contributed by atoms with Crippen molar-refractivity contribution in [3.05, 3.63) is 52.1 Å². The maximum Gasteiger partial charge on any atom is 0.338 e. The molecular formula is C21H25BrN4O3. The minimum atomic E-state index is -0.370. The number of carbonyl (C=O) groups excluding carboxylic acids is 2. The van der Waals surface area contributed by atoms with Crippen molar-refractivity contribution < 1.29 is 14.3 Å². The van der Waals surface area contributed by atoms with Crippen LogP contribution in [-0.4, -0.2) is 61.6 Å². The smallest absolute Gasteiger partial charge is 0.338 e. The number of hydrogen-bond donors (Lipinski definition) is 1. The summed E-state index contributed by atoms with van der Waals surface area (Å²) in [4.78, 5) is 32.9. The van der Waals surface area contributed by atoms with Gasteiger partial charge in [0.05, 0.1) is 19.2 Å². The Bertz CT molecular complexity index is 890. The van der Waals surface area contributed by atoms with Gasteiger partial charge in [-0.3, -0.25) is 9.69 Å². The van der Waals surface area contributed by atoms with Crippen LogP contribution in [0, 0.1) is 6.92 Å². The molecule has 3 rings (SSSR count). The third-order valence-electron chi connectivity index (χ3n) is 4.89. The molecule has 8 heteroatoms. The number of pyridine rings is 1. The van der Waals surface area contributed by atoms with Crippen molar-refractivity contribution in [3.8, 4) is 0 Å². The van der Waals surface area contributed by atoms with Crippen molar-refractivity contribution in [2.45, 2.75) is 13.3 Å². The molecule has 0 aliphatic carbocycles. The Morgan fingerprint density at radius 3 is 2.76 bits per heavy atom. The van der Waals surface area contributed by atoms with Gasteiger partial charge in [-0.2, -0.15) is 0 Å². The van der Waals surface area contributed by atoms with E-state index in [2.05, 4.69) is 36.0 Å². The molecule has 0 spiro atoms. The van der Waals surface area contributed by atoms with E-state index < -0.39 is 0 Å². The molecule has 0 bridgehead atoms. The summed E-state index contributed by atoms with van der Waals surface area (Å²) in [5, 5.41) is 2.97. The molecule has 1 amide bonds. The molecule has 1 aliphatic heterocycles. The van der Waals surface area contributed by atoms with Crippen molar-refractivity contribution in [3.63, 3.8) is 0 Å². The highest BCUT2D eigenvalue weighted by Crippen LogP contribution is 2.20. The maximum absolute atomic E-state index is 12.5. The van der Waals surface area contributed by atoms with Gasteiger partial charge in [0.15, 0.2) is 0 Å². The first-order valence-electron chi connectivity index (χ1n) is 9.54. The lowest BCUT2D eigenvalue weighted by molar-refractivity contribution is -0.117. The molecule has 0 unspecified atom stereocenters. The van der Waals surface area contributed by atoms with Crippen LogP contribution in [0.1, 0.15) is 22.3 Å². The third kappa shape index (κ3) is 5.77. The molecule has 1 saturated heterocycles. The van der Waals surface area contributed by atoms with Gasteiger partial charge >= 0.3 is 5.97 Å². The first-order valence-corrected chi connectivity index (χ1v) is 10.3. The first-order chi connectivity index (χ1) is 14.0. The van der Waals surface area contributed by atoms with Crippen LogP contribution < -0.4 is 10.2 Å². The largest absolute Gasteiger partial charge is 0.465 e. The summed E-state index contributed by atoms with van der Waals surface area (Å²) in [7, 11) is 1.37. The van der Waals surface area contributed by atoms with Crippen LogP contribution in [0.15, 0.2) is 41.0 Å². The molecule has 0 atom stereocenters. The summed E-state index contributed by atoms with van der Waals surface area (Å²) in [6, 6.07) is 9.17. The number of rotatable bonds is 5. The molecule has 1 aromatic heterocycles. The number of hydrogen-bond acceptors (Lipinski definition) is 6. The Labute approximate surface area is 179 Å². The van der Waals surface area contributed by atoms with E-state index in [0.717, 1.165) is 54.1 Å². The van der Waals surface area contributed by atoms with E-state index in [1.165, 1.54) is 7.11 Å². The fourth-order valence-electron chi connectivity index (χ4n) is 3.32. The molecule has 1 aromatic carbocycles. The number of esters is 1. The Hall–Kier alpha value is -2.45. The highest BCUT2D eigenvalue weighted by atomic mass is 79.9. The van der Waals surface area contributed by atoms with Gasteiger partial charge < -0.3 is 15.0 Å². The van der Waals surface area contributed by atoms with E-state index >= 15 is 0 Å². The Kier molecular flexibility index (Phi) is 7.22. The number of amides is 1. The number of halogens is 1. The van der Waals surface area contributed by atoms with E-state index in [9.17, 15) is 9.59 Å². The second-order valence-electron chi connectivity index (χ2n) is 7.02. The number of aryl methyl sites for hydroxylation is 1. The summed E-state index contributed by atoms with van der Waals surface area (Å²) in [5.74, 6) is 0.362. The summed E-state index contributed by atoms with van der Waals surface area (Å²) in [5.41, 5.74) is 2.37. The van der Waals surface area contributed by atoms with Crippen LogP contribution in [0.4, 0.5) is 11.5 Å². The third-order valence-corrected chi connectivity index (χ3v) is 5.78. The molecule has 1 N–H and O–H groups in total. The molecule has 0 radical (unpaired) electrons. The number of nitrogens with one attached hydrogen (secondary N) is 1. The highest BCUT2D eigenvalue weighted by molar-refractivity contribution is 9.10. The van der Waals surface area contributed by atoms with Crippen molar-refractivity contribution in [1.29, 1.82) is 0 Å². The molecule has 1 aliphatic rings. The van der Waals surface area contributed by atoms with E-state index in [-0.39, 0.29) is 11.9 Å².